The molecule has 0 aromatic heterocycles. The van der Waals surface area contributed by atoms with Crippen molar-refractivity contribution >= 4 is 11.8 Å². The topological polar surface area (TPSA) is 54.4 Å². The molecule has 0 radical (unpaired) electrons. The van der Waals surface area contributed by atoms with Gasteiger partial charge in [-0.2, -0.15) is 0 Å². The minimum absolute atomic E-state index is 0.0576. The van der Waals surface area contributed by atoms with Crippen molar-refractivity contribution in [3.8, 4) is 0 Å². The smallest absolute Gasteiger partial charge is 0.313 e. The van der Waals surface area contributed by atoms with Gasteiger partial charge in [-0.25, -0.2) is 0 Å². The molecule has 0 atom stereocenters. The first kappa shape index (κ1) is 14.4. The molecule has 0 saturated heterocycles. The second-order valence-electron chi connectivity index (χ2n) is 6.09. The van der Waals surface area contributed by atoms with Crippen LogP contribution in [0.5, 0.6) is 0 Å². The lowest BCUT2D eigenvalue weighted by atomic mass is 9.82. The SMILES string of the molecule is CC(C)(C)C(=O)c1ccc(C(C)(C)C(=O)O)cc1. The van der Waals surface area contributed by atoms with E-state index >= 15 is 0 Å². The number of Topliss-reactive ketones (excluding diaryl/α,β-unsaturated/α-hetero) is 1. The van der Waals surface area contributed by atoms with Crippen molar-refractivity contribution in [2.45, 2.75) is 40.0 Å². The maximum Gasteiger partial charge on any atom is 0.313 e. The molecule has 3 heteroatoms. The molecule has 1 rings (SSSR count). The Balaban J connectivity index is 3.08. The van der Waals surface area contributed by atoms with Crippen LogP contribution in [0, 0.1) is 5.41 Å². The van der Waals surface area contributed by atoms with E-state index in [1.807, 2.05) is 20.8 Å². The lowest BCUT2D eigenvalue weighted by Gasteiger charge is -2.21. The average Bonchev–Trinajstić information content (AvgIpc) is 2.26. The molecule has 0 saturated carbocycles. The van der Waals surface area contributed by atoms with E-state index in [0.717, 1.165) is 0 Å². The molecular formula is C15H20O3. The minimum Gasteiger partial charge on any atom is -0.481 e. The van der Waals surface area contributed by atoms with Crippen LogP contribution < -0.4 is 0 Å². The van der Waals surface area contributed by atoms with Crippen LogP contribution in [0.4, 0.5) is 0 Å². The van der Waals surface area contributed by atoms with Gasteiger partial charge in [0, 0.05) is 11.0 Å². The molecule has 98 valence electrons. The summed E-state index contributed by atoms with van der Waals surface area (Å²) < 4.78 is 0. The van der Waals surface area contributed by atoms with Crippen LogP contribution in [0.1, 0.15) is 50.5 Å². The fourth-order valence-corrected chi connectivity index (χ4v) is 1.59. The Labute approximate surface area is 108 Å². The van der Waals surface area contributed by atoms with Gasteiger partial charge in [-0.3, -0.25) is 9.59 Å². The van der Waals surface area contributed by atoms with Crippen molar-refractivity contribution in [1.82, 2.24) is 0 Å². The Kier molecular flexibility index (Phi) is 3.65. The van der Waals surface area contributed by atoms with Crippen molar-refractivity contribution in [3.05, 3.63) is 35.4 Å². The lowest BCUT2D eigenvalue weighted by Crippen LogP contribution is -2.28. The number of hydrogen-bond donors (Lipinski definition) is 1. The van der Waals surface area contributed by atoms with Gasteiger partial charge < -0.3 is 5.11 Å². The van der Waals surface area contributed by atoms with Crippen molar-refractivity contribution in [1.29, 1.82) is 0 Å². The van der Waals surface area contributed by atoms with E-state index in [9.17, 15) is 9.59 Å². The van der Waals surface area contributed by atoms with Gasteiger partial charge in [0.25, 0.3) is 0 Å². The van der Waals surface area contributed by atoms with Gasteiger partial charge in [-0.1, -0.05) is 45.0 Å². The van der Waals surface area contributed by atoms with Crippen molar-refractivity contribution in [3.63, 3.8) is 0 Å². The number of carboxylic acid groups (broad SMARTS) is 1. The van der Waals surface area contributed by atoms with E-state index in [4.69, 9.17) is 5.11 Å². The molecule has 18 heavy (non-hydrogen) atoms. The summed E-state index contributed by atoms with van der Waals surface area (Å²) in [5, 5.41) is 9.14. The van der Waals surface area contributed by atoms with Gasteiger partial charge in [0.1, 0.15) is 0 Å². The summed E-state index contributed by atoms with van der Waals surface area (Å²) in [6, 6.07) is 6.83. The average molecular weight is 248 g/mol. The van der Waals surface area contributed by atoms with Crippen molar-refractivity contribution < 1.29 is 14.7 Å². The van der Waals surface area contributed by atoms with Crippen LogP contribution >= 0.6 is 0 Å². The van der Waals surface area contributed by atoms with E-state index in [1.165, 1.54) is 0 Å². The van der Waals surface area contributed by atoms with Crippen LogP contribution in [0.15, 0.2) is 24.3 Å². The first-order valence-corrected chi connectivity index (χ1v) is 5.95. The fourth-order valence-electron chi connectivity index (χ4n) is 1.59. The van der Waals surface area contributed by atoms with Gasteiger partial charge >= 0.3 is 5.97 Å². The van der Waals surface area contributed by atoms with E-state index in [0.29, 0.717) is 11.1 Å². The quantitative estimate of drug-likeness (QED) is 0.835. The summed E-state index contributed by atoms with van der Waals surface area (Å²) in [4.78, 5) is 23.2. The first-order valence-electron chi connectivity index (χ1n) is 5.95. The minimum atomic E-state index is -0.941. The summed E-state index contributed by atoms with van der Waals surface area (Å²) in [5.41, 5.74) is -0.0550. The maximum atomic E-state index is 12.0. The van der Waals surface area contributed by atoms with Crippen LogP contribution in [0.2, 0.25) is 0 Å². The number of ketones is 1. The van der Waals surface area contributed by atoms with Crippen molar-refractivity contribution in [2.75, 3.05) is 0 Å². The predicted molar refractivity (Wildman–Crippen MR) is 70.9 cm³/mol. The van der Waals surface area contributed by atoms with E-state index < -0.39 is 16.8 Å². The third kappa shape index (κ3) is 2.78. The van der Waals surface area contributed by atoms with Crippen LogP contribution in [-0.4, -0.2) is 16.9 Å². The molecule has 0 fully saturated rings. The van der Waals surface area contributed by atoms with E-state index in [2.05, 4.69) is 0 Å². The van der Waals surface area contributed by atoms with Crippen LogP contribution in [-0.2, 0) is 10.2 Å². The highest BCUT2D eigenvalue weighted by atomic mass is 16.4. The normalized spacial score (nSPS) is 12.3. The monoisotopic (exact) mass is 248 g/mol. The number of carbonyl (C=O) groups is 2. The van der Waals surface area contributed by atoms with E-state index in [1.54, 1.807) is 38.1 Å². The first-order chi connectivity index (χ1) is 8.06. The molecule has 0 heterocycles. The summed E-state index contributed by atoms with van der Waals surface area (Å²) >= 11 is 0. The molecule has 1 N–H and O–H groups in total. The fraction of sp³-hybridized carbons (Fsp3) is 0.467. The zero-order valence-electron chi connectivity index (χ0n) is 11.6. The molecular weight excluding hydrogens is 228 g/mol. The number of carbonyl (C=O) groups excluding carboxylic acids is 1. The summed E-state index contributed by atoms with van der Waals surface area (Å²) in [6.07, 6.45) is 0. The Hall–Kier alpha value is -1.64. The largest absolute Gasteiger partial charge is 0.481 e. The molecule has 0 aliphatic heterocycles. The number of hydrogen-bond acceptors (Lipinski definition) is 2. The molecule has 0 spiro atoms. The molecule has 1 aromatic rings. The number of rotatable bonds is 3. The molecule has 1 aromatic carbocycles. The second kappa shape index (κ2) is 4.56. The number of benzene rings is 1. The predicted octanol–water partition coefficient (Wildman–Crippen LogP) is 3.28. The third-order valence-electron chi connectivity index (χ3n) is 3.08. The maximum absolute atomic E-state index is 12.0. The van der Waals surface area contributed by atoms with Crippen LogP contribution in [0.25, 0.3) is 0 Å². The van der Waals surface area contributed by atoms with Gasteiger partial charge in [-0.15, -0.1) is 0 Å². The Morgan fingerprint density at radius 2 is 1.39 bits per heavy atom. The molecule has 0 aliphatic rings. The molecule has 0 amide bonds. The zero-order valence-corrected chi connectivity index (χ0v) is 11.6. The van der Waals surface area contributed by atoms with Gasteiger partial charge in [0.05, 0.1) is 5.41 Å². The summed E-state index contributed by atoms with van der Waals surface area (Å²) in [7, 11) is 0. The standard InChI is InChI=1S/C15H20O3/c1-14(2,3)12(16)10-6-8-11(9-7-10)15(4,5)13(17)18/h6-9H,1-5H3,(H,17,18). The molecule has 0 bridgehead atoms. The van der Waals surface area contributed by atoms with Gasteiger partial charge in [0.2, 0.25) is 0 Å². The Morgan fingerprint density at radius 1 is 0.944 bits per heavy atom. The highest BCUT2D eigenvalue weighted by Gasteiger charge is 2.30. The molecule has 0 aliphatic carbocycles. The summed E-state index contributed by atoms with van der Waals surface area (Å²) in [6.45, 7) is 8.89. The van der Waals surface area contributed by atoms with Gasteiger partial charge in [-0.05, 0) is 19.4 Å². The summed E-state index contributed by atoms with van der Waals surface area (Å²) in [5.74, 6) is -0.820. The molecule has 0 unspecified atom stereocenters. The van der Waals surface area contributed by atoms with E-state index in [-0.39, 0.29) is 5.78 Å². The lowest BCUT2D eigenvalue weighted by molar-refractivity contribution is -0.142. The number of carboxylic acids is 1. The third-order valence-corrected chi connectivity index (χ3v) is 3.08. The Morgan fingerprint density at radius 3 is 1.72 bits per heavy atom. The highest BCUT2D eigenvalue weighted by Crippen LogP contribution is 2.26. The van der Waals surface area contributed by atoms with Crippen molar-refractivity contribution in [2.24, 2.45) is 5.41 Å². The Bertz CT molecular complexity index is 462. The number of aliphatic carboxylic acids is 1. The second-order valence-corrected chi connectivity index (χ2v) is 6.09. The van der Waals surface area contributed by atoms with Gasteiger partial charge in [0.15, 0.2) is 5.78 Å². The zero-order chi connectivity index (χ0) is 14.1. The van der Waals surface area contributed by atoms with Crippen LogP contribution in [0.3, 0.4) is 0 Å². The highest BCUT2D eigenvalue weighted by molar-refractivity contribution is 5.99. The molecule has 3 nitrogen and oxygen atoms in total.